The molecule has 1 saturated carbocycles. The van der Waals surface area contributed by atoms with Crippen LogP contribution in [-0.2, 0) is 0 Å². The fourth-order valence-electron chi connectivity index (χ4n) is 2.67. The Morgan fingerprint density at radius 1 is 1.25 bits per heavy atom. The van der Waals surface area contributed by atoms with Crippen LogP contribution in [0, 0.1) is 5.92 Å². The average Bonchev–Trinajstić information content (AvgIpc) is 2.35. The normalized spacial score (nSPS) is 21.9. The maximum atomic E-state index is 9.44. The van der Waals surface area contributed by atoms with E-state index < -0.39 is 0 Å². The van der Waals surface area contributed by atoms with Crippen LogP contribution in [0.3, 0.4) is 0 Å². The molecule has 96 valence electrons. The Morgan fingerprint density at radius 2 is 1.94 bits per heavy atom. The van der Waals surface area contributed by atoms with Crippen molar-refractivity contribution in [2.24, 2.45) is 5.92 Å². The van der Waals surface area contributed by atoms with E-state index in [0.29, 0.717) is 6.04 Å². The highest BCUT2D eigenvalue weighted by atomic mass is 16.3. The van der Waals surface area contributed by atoms with Crippen molar-refractivity contribution in [1.29, 1.82) is 0 Å². The van der Waals surface area contributed by atoms with E-state index in [-0.39, 0.29) is 6.10 Å². The van der Waals surface area contributed by atoms with Gasteiger partial charge in [-0.05, 0) is 51.5 Å². The van der Waals surface area contributed by atoms with E-state index in [2.05, 4.69) is 12.2 Å². The van der Waals surface area contributed by atoms with Gasteiger partial charge in [-0.1, -0.05) is 26.2 Å². The van der Waals surface area contributed by atoms with E-state index in [9.17, 15) is 5.11 Å². The minimum absolute atomic E-state index is 0.0909. The number of aliphatic hydroxyl groups excluding tert-OH is 1. The third-order valence-electron chi connectivity index (χ3n) is 4.01. The summed E-state index contributed by atoms with van der Waals surface area (Å²) in [6.07, 6.45) is 9.94. The Kier molecular flexibility index (Phi) is 7.06. The molecule has 1 aliphatic carbocycles. The molecular weight excluding hydrogens is 198 g/mol. The molecule has 0 bridgehead atoms. The number of hydrogen-bond donors (Lipinski definition) is 2. The summed E-state index contributed by atoms with van der Waals surface area (Å²) >= 11 is 0. The molecule has 2 nitrogen and oxygen atoms in total. The van der Waals surface area contributed by atoms with E-state index >= 15 is 0 Å². The molecule has 0 amide bonds. The van der Waals surface area contributed by atoms with Gasteiger partial charge in [0.2, 0.25) is 0 Å². The summed E-state index contributed by atoms with van der Waals surface area (Å²) in [5.41, 5.74) is 0. The van der Waals surface area contributed by atoms with Crippen molar-refractivity contribution in [2.75, 3.05) is 6.54 Å². The van der Waals surface area contributed by atoms with Gasteiger partial charge >= 0.3 is 0 Å². The second-order valence-corrected chi connectivity index (χ2v) is 5.35. The van der Waals surface area contributed by atoms with Gasteiger partial charge in [0.25, 0.3) is 0 Å². The first-order valence-electron chi connectivity index (χ1n) is 7.15. The second kappa shape index (κ2) is 8.08. The zero-order chi connectivity index (χ0) is 11.8. The van der Waals surface area contributed by atoms with Gasteiger partial charge < -0.3 is 10.4 Å². The Hall–Kier alpha value is -0.0800. The molecule has 2 atom stereocenters. The minimum Gasteiger partial charge on any atom is -0.393 e. The highest BCUT2D eigenvalue weighted by Gasteiger charge is 2.19. The topological polar surface area (TPSA) is 32.3 Å². The summed E-state index contributed by atoms with van der Waals surface area (Å²) in [4.78, 5) is 0. The van der Waals surface area contributed by atoms with Crippen molar-refractivity contribution in [1.82, 2.24) is 5.32 Å². The molecule has 0 radical (unpaired) electrons. The molecule has 0 aliphatic heterocycles. The van der Waals surface area contributed by atoms with Gasteiger partial charge in [0, 0.05) is 6.04 Å². The summed E-state index contributed by atoms with van der Waals surface area (Å²) in [5.74, 6) is 0.893. The lowest BCUT2D eigenvalue weighted by atomic mass is 9.84. The second-order valence-electron chi connectivity index (χ2n) is 5.35. The highest BCUT2D eigenvalue weighted by molar-refractivity contribution is 4.75. The Bertz CT molecular complexity index is 166. The van der Waals surface area contributed by atoms with Gasteiger partial charge in [-0.25, -0.2) is 0 Å². The lowest BCUT2D eigenvalue weighted by Crippen LogP contribution is -2.35. The predicted octanol–water partition coefficient (Wildman–Crippen LogP) is 3.10. The number of aliphatic hydroxyl groups is 1. The van der Waals surface area contributed by atoms with Crippen LogP contribution in [0.1, 0.15) is 65.2 Å². The Balaban J connectivity index is 2.03. The molecule has 2 N–H and O–H groups in total. The van der Waals surface area contributed by atoms with Crippen LogP contribution >= 0.6 is 0 Å². The molecule has 0 aromatic heterocycles. The summed E-state index contributed by atoms with van der Waals surface area (Å²) in [7, 11) is 0. The number of hydrogen-bond acceptors (Lipinski definition) is 2. The van der Waals surface area contributed by atoms with E-state index in [0.717, 1.165) is 31.7 Å². The van der Waals surface area contributed by atoms with Crippen molar-refractivity contribution in [3.8, 4) is 0 Å². The van der Waals surface area contributed by atoms with E-state index in [4.69, 9.17) is 0 Å². The molecule has 0 aromatic carbocycles. The molecule has 2 unspecified atom stereocenters. The summed E-state index contributed by atoms with van der Waals surface area (Å²) in [6.45, 7) is 5.43. The van der Waals surface area contributed by atoms with Gasteiger partial charge in [0.1, 0.15) is 0 Å². The van der Waals surface area contributed by atoms with Gasteiger partial charge in [0.15, 0.2) is 0 Å². The molecule has 1 fully saturated rings. The van der Waals surface area contributed by atoms with Crippen LogP contribution in [0.25, 0.3) is 0 Å². The van der Waals surface area contributed by atoms with Crippen molar-refractivity contribution in [3.05, 3.63) is 0 Å². The van der Waals surface area contributed by atoms with Gasteiger partial charge in [-0.2, -0.15) is 0 Å². The van der Waals surface area contributed by atoms with Crippen LogP contribution in [0.4, 0.5) is 0 Å². The molecule has 2 heteroatoms. The maximum absolute atomic E-state index is 9.44. The fourth-order valence-corrected chi connectivity index (χ4v) is 2.67. The molecule has 1 aliphatic rings. The fraction of sp³-hybridized carbons (Fsp3) is 1.00. The number of rotatable bonds is 7. The molecule has 16 heavy (non-hydrogen) atoms. The third kappa shape index (κ3) is 5.31. The standard InChI is InChI=1S/C14H29NO/c1-3-14(16)10-7-11-15-12(2)13-8-5-4-6-9-13/h12-16H,3-11H2,1-2H3. The summed E-state index contributed by atoms with van der Waals surface area (Å²) in [6, 6.07) is 0.666. The summed E-state index contributed by atoms with van der Waals surface area (Å²) < 4.78 is 0. The summed E-state index contributed by atoms with van der Waals surface area (Å²) in [5, 5.41) is 13.1. The zero-order valence-corrected chi connectivity index (χ0v) is 11.0. The first kappa shape index (κ1) is 14.0. The smallest absolute Gasteiger partial charge is 0.0538 e. The van der Waals surface area contributed by atoms with E-state index in [1.165, 1.54) is 32.1 Å². The monoisotopic (exact) mass is 227 g/mol. The minimum atomic E-state index is -0.0909. The van der Waals surface area contributed by atoms with Crippen LogP contribution in [0.2, 0.25) is 0 Å². The van der Waals surface area contributed by atoms with Gasteiger partial charge in [-0.3, -0.25) is 0 Å². The Labute approximate surface area is 101 Å². The Morgan fingerprint density at radius 3 is 2.56 bits per heavy atom. The van der Waals surface area contributed by atoms with Gasteiger partial charge in [-0.15, -0.1) is 0 Å². The highest BCUT2D eigenvalue weighted by Crippen LogP contribution is 2.26. The predicted molar refractivity (Wildman–Crippen MR) is 69.6 cm³/mol. The van der Waals surface area contributed by atoms with Crippen LogP contribution in [0.15, 0.2) is 0 Å². The van der Waals surface area contributed by atoms with Crippen LogP contribution in [-0.4, -0.2) is 23.8 Å². The molecule has 0 saturated heterocycles. The quantitative estimate of drug-likeness (QED) is 0.655. The van der Waals surface area contributed by atoms with Gasteiger partial charge in [0.05, 0.1) is 6.10 Å². The molecule has 0 spiro atoms. The lowest BCUT2D eigenvalue weighted by Gasteiger charge is -2.28. The average molecular weight is 227 g/mol. The molecule has 0 aromatic rings. The first-order valence-corrected chi connectivity index (χ1v) is 7.15. The maximum Gasteiger partial charge on any atom is 0.0538 e. The SMILES string of the molecule is CCC(O)CCCNC(C)C1CCCCC1. The van der Waals surface area contributed by atoms with Crippen LogP contribution in [0.5, 0.6) is 0 Å². The number of nitrogens with one attached hydrogen (secondary N) is 1. The van der Waals surface area contributed by atoms with Crippen LogP contribution < -0.4 is 5.32 Å². The third-order valence-corrected chi connectivity index (χ3v) is 4.01. The largest absolute Gasteiger partial charge is 0.393 e. The van der Waals surface area contributed by atoms with E-state index in [1.54, 1.807) is 0 Å². The molecular formula is C14H29NO. The lowest BCUT2D eigenvalue weighted by molar-refractivity contribution is 0.156. The molecule has 0 heterocycles. The first-order chi connectivity index (χ1) is 7.74. The van der Waals surface area contributed by atoms with Crippen molar-refractivity contribution in [3.63, 3.8) is 0 Å². The van der Waals surface area contributed by atoms with E-state index in [1.807, 2.05) is 6.92 Å². The van der Waals surface area contributed by atoms with Crippen molar-refractivity contribution >= 4 is 0 Å². The van der Waals surface area contributed by atoms with Crippen molar-refractivity contribution in [2.45, 2.75) is 77.4 Å². The molecule has 1 rings (SSSR count). The van der Waals surface area contributed by atoms with Crippen molar-refractivity contribution < 1.29 is 5.11 Å². The zero-order valence-electron chi connectivity index (χ0n) is 11.0.